The number of amides is 1. The molecule has 2 heterocycles. The minimum Gasteiger partial charge on any atom is -0.394 e. The lowest BCUT2D eigenvalue weighted by molar-refractivity contribution is 0.0869. The number of carbonyl (C=O) groups excluding carboxylic acids is 1. The third-order valence-electron chi connectivity index (χ3n) is 4.94. The summed E-state index contributed by atoms with van der Waals surface area (Å²) in [5.41, 5.74) is 5.84. The van der Waals surface area contributed by atoms with E-state index in [2.05, 4.69) is 27.4 Å². The van der Waals surface area contributed by atoms with Crippen LogP contribution in [0.1, 0.15) is 46.9 Å². The third-order valence-corrected chi connectivity index (χ3v) is 5.73. The van der Waals surface area contributed by atoms with Gasteiger partial charge in [-0.2, -0.15) is 0 Å². The zero-order valence-electron chi connectivity index (χ0n) is 17.5. The van der Waals surface area contributed by atoms with Gasteiger partial charge >= 0.3 is 0 Å². The van der Waals surface area contributed by atoms with Gasteiger partial charge in [-0.15, -0.1) is 11.3 Å². The molecule has 2 aromatic carbocycles. The van der Waals surface area contributed by atoms with Gasteiger partial charge in [0.15, 0.2) is 0 Å². The first-order valence-corrected chi connectivity index (χ1v) is 10.9. The maximum Gasteiger partial charge on any atom is 0.251 e. The van der Waals surface area contributed by atoms with E-state index in [1.807, 2.05) is 35.8 Å². The molecule has 2 aromatic heterocycles. The van der Waals surface area contributed by atoms with Crippen LogP contribution >= 0.6 is 11.3 Å². The Labute approximate surface area is 185 Å². The SMILES string of the molecule is CC(C)(CO)NC(=O)c1cccc(Cc2nccc(Cc3ccc4ncsc4c3)n2)c1. The summed E-state index contributed by atoms with van der Waals surface area (Å²) < 4.78 is 1.17. The summed E-state index contributed by atoms with van der Waals surface area (Å²) in [6.45, 7) is 3.43. The predicted octanol–water partition coefficient (Wildman–Crippen LogP) is 3.77. The largest absolute Gasteiger partial charge is 0.394 e. The van der Waals surface area contributed by atoms with E-state index in [4.69, 9.17) is 4.98 Å². The summed E-state index contributed by atoms with van der Waals surface area (Å²) in [5.74, 6) is 0.499. The average molecular weight is 433 g/mol. The molecule has 0 bridgehead atoms. The maximum absolute atomic E-state index is 12.5. The van der Waals surface area contributed by atoms with Crippen molar-refractivity contribution in [3.8, 4) is 0 Å². The molecule has 0 aliphatic heterocycles. The van der Waals surface area contributed by atoms with Crippen molar-refractivity contribution in [1.29, 1.82) is 0 Å². The van der Waals surface area contributed by atoms with Crippen LogP contribution in [0.3, 0.4) is 0 Å². The molecule has 31 heavy (non-hydrogen) atoms. The second-order valence-corrected chi connectivity index (χ2v) is 9.06. The standard InChI is InChI=1S/C24H24N4O2S/c1-24(2,14-29)28-23(30)18-5-3-4-16(10-18)13-22-25-9-8-19(27-22)11-17-6-7-20-21(12-17)31-15-26-20/h3-10,12,15,29H,11,13-14H2,1-2H3,(H,28,30). The maximum atomic E-state index is 12.5. The fourth-order valence-corrected chi connectivity index (χ4v) is 4.01. The smallest absolute Gasteiger partial charge is 0.251 e. The van der Waals surface area contributed by atoms with Gasteiger partial charge < -0.3 is 10.4 Å². The normalized spacial score (nSPS) is 11.6. The molecule has 0 saturated heterocycles. The number of hydrogen-bond donors (Lipinski definition) is 2. The fraction of sp³-hybridized carbons (Fsp3) is 0.250. The topological polar surface area (TPSA) is 88.0 Å². The van der Waals surface area contributed by atoms with Crippen LogP contribution in [0, 0.1) is 0 Å². The molecule has 1 amide bonds. The zero-order chi connectivity index (χ0) is 21.8. The Kier molecular flexibility index (Phi) is 6.06. The average Bonchev–Trinajstić information content (AvgIpc) is 3.22. The van der Waals surface area contributed by atoms with Gasteiger partial charge in [0, 0.05) is 30.3 Å². The van der Waals surface area contributed by atoms with Gasteiger partial charge in [0.1, 0.15) is 5.82 Å². The van der Waals surface area contributed by atoms with E-state index < -0.39 is 5.54 Å². The third kappa shape index (κ3) is 5.31. The van der Waals surface area contributed by atoms with Gasteiger partial charge in [-0.3, -0.25) is 4.79 Å². The highest BCUT2D eigenvalue weighted by atomic mass is 32.1. The van der Waals surface area contributed by atoms with Crippen LogP contribution in [0.5, 0.6) is 0 Å². The quantitative estimate of drug-likeness (QED) is 0.464. The minimum atomic E-state index is -0.674. The van der Waals surface area contributed by atoms with E-state index in [1.54, 1.807) is 37.4 Å². The lowest BCUT2D eigenvalue weighted by Crippen LogP contribution is -2.46. The first-order chi connectivity index (χ1) is 14.9. The van der Waals surface area contributed by atoms with Crippen molar-refractivity contribution in [2.45, 2.75) is 32.2 Å². The molecular formula is C24H24N4O2S. The summed E-state index contributed by atoms with van der Waals surface area (Å²) >= 11 is 1.63. The first kappa shape index (κ1) is 21.1. The summed E-state index contributed by atoms with van der Waals surface area (Å²) in [4.78, 5) is 26.0. The highest BCUT2D eigenvalue weighted by Gasteiger charge is 2.20. The monoisotopic (exact) mass is 432 g/mol. The number of rotatable bonds is 7. The van der Waals surface area contributed by atoms with E-state index in [1.165, 1.54) is 10.3 Å². The van der Waals surface area contributed by atoms with Crippen LogP contribution < -0.4 is 5.32 Å². The number of aromatic nitrogens is 3. The van der Waals surface area contributed by atoms with Crippen molar-refractivity contribution in [1.82, 2.24) is 20.3 Å². The Hall–Kier alpha value is -3.16. The Balaban J connectivity index is 1.48. The number of benzene rings is 2. The second-order valence-electron chi connectivity index (χ2n) is 8.17. The van der Waals surface area contributed by atoms with E-state index in [-0.39, 0.29) is 12.5 Å². The van der Waals surface area contributed by atoms with E-state index in [9.17, 15) is 9.90 Å². The van der Waals surface area contributed by atoms with E-state index >= 15 is 0 Å². The van der Waals surface area contributed by atoms with Crippen molar-refractivity contribution in [3.05, 3.63) is 88.4 Å². The fourth-order valence-electron chi connectivity index (χ4n) is 3.27. The summed E-state index contributed by atoms with van der Waals surface area (Å²) in [5, 5.41) is 12.2. The number of nitrogens with one attached hydrogen (secondary N) is 1. The molecule has 0 fully saturated rings. The Bertz CT molecular complexity index is 1220. The molecule has 7 heteroatoms. The van der Waals surface area contributed by atoms with Crippen LogP contribution in [0.15, 0.2) is 60.2 Å². The van der Waals surface area contributed by atoms with Gasteiger partial charge in [0.05, 0.1) is 27.9 Å². The highest BCUT2D eigenvalue weighted by molar-refractivity contribution is 7.16. The van der Waals surface area contributed by atoms with Crippen LogP contribution in [-0.2, 0) is 12.8 Å². The Morgan fingerprint density at radius 2 is 1.90 bits per heavy atom. The van der Waals surface area contributed by atoms with Crippen LogP contribution in [0.4, 0.5) is 0 Å². The molecule has 6 nitrogen and oxygen atoms in total. The van der Waals surface area contributed by atoms with Crippen molar-refractivity contribution in [2.24, 2.45) is 0 Å². The van der Waals surface area contributed by atoms with E-state index in [0.29, 0.717) is 17.8 Å². The predicted molar refractivity (Wildman–Crippen MR) is 122 cm³/mol. The number of carbonyl (C=O) groups is 1. The zero-order valence-corrected chi connectivity index (χ0v) is 18.3. The minimum absolute atomic E-state index is 0.130. The molecule has 0 saturated carbocycles. The lowest BCUT2D eigenvalue weighted by atomic mass is 10.0. The van der Waals surface area contributed by atoms with Crippen LogP contribution in [-0.4, -0.2) is 38.1 Å². The first-order valence-electron chi connectivity index (χ1n) is 10.1. The molecule has 4 rings (SSSR count). The molecule has 0 aliphatic rings. The molecule has 0 atom stereocenters. The number of aliphatic hydroxyl groups excluding tert-OH is 1. The number of fused-ring (bicyclic) bond motifs is 1. The van der Waals surface area contributed by atoms with Gasteiger partial charge in [0.25, 0.3) is 5.91 Å². The number of aliphatic hydroxyl groups is 1. The van der Waals surface area contributed by atoms with E-state index in [0.717, 1.165) is 23.2 Å². The van der Waals surface area contributed by atoms with Gasteiger partial charge in [-0.25, -0.2) is 15.0 Å². The lowest BCUT2D eigenvalue weighted by Gasteiger charge is -2.23. The summed E-state index contributed by atoms with van der Waals surface area (Å²) in [7, 11) is 0. The summed E-state index contributed by atoms with van der Waals surface area (Å²) in [6, 6.07) is 15.6. The Morgan fingerprint density at radius 3 is 2.74 bits per heavy atom. The van der Waals surface area contributed by atoms with Gasteiger partial charge in [-0.1, -0.05) is 18.2 Å². The number of hydrogen-bond acceptors (Lipinski definition) is 6. The highest BCUT2D eigenvalue weighted by Crippen LogP contribution is 2.20. The molecule has 2 N–H and O–H groups in total. The molecule has 0 radical (unpaired) electrons. The van der Waals surface area contributed by atoms with Crippen molar-refractivity contribution in [2.75, 3.05) is 6.61 Å². The summed E-state index contributed by atoms with van der Waals surface area (Å²) in [6.07, 6.45) is 3.04. The van der Waals surface area contributed by atoms with Crippen LogP contribution in [0.25, 0.3) is 10.2 Å². The molecule has 0 aliphatic carbocycles. The van der Waals surface area contributed by atoms with Crippen molar-refractivity contribution in [3.63, 3.8) is 0 Å². The van der Waals surface area contributed by atoms with Crippen molar-refractivity contribution < 1.29 is 9.90 Å². The molecule has 0 unspecified atom stereocenters. The van der Waals surface area contributed by atoms with Crippen LogP contribution in [0.2, 0.25) is 0 Å². The number of nitrogens with zero attached hydrogens (tertiary/aromatic N) is 3. The van der Waals surface area contributed by atoms with Crippen molar-refractivity contribution >= 4 is 27.5 Å². The van der Waals surface area contributed by atoms with Gasteiger partial charge in [-0.05, 0) is 55.3 Å². The molecule has 0 spiro atoms. The number of thiazole rings is 1. The second kappa shape index (κ2) is 8.91. The molecule has 158 valence electrons. The molecular weight excluding hydrogens is 408 g/mol. The Morgan fingerprint density at radius 1 is 1.06 bits per heavy atom. The van der Waals surface area contributed by atoms with Gasteiger partial charge in [0.2, 0.25) is 0 Å². The molecule has 4 aromatic rings.